The maximum absolute atomic E-state index is 13.6. The van der Waals surface area contributed by atoms with E-state index in [0.717, 1.165) is 6.08 Å². The Morgan fingerprint density at radius 3 is 2.67 bits per heavy atom. The van der Waals surface area contributed by atoms with Crippen LogP contribution in [0.4, 0.5) is 4.39 Å². The quantitative estimate of drug-likeness (QED) is 0.648. The van der Waals surface area contributed by atoms with E-state index in [-0.39, 0.29) is 16.5 Å². The van der Waals surface area contributed by atoms with Gasteiger partial charge in [-0.15, -0.1) is 0 Å². The third-order valence-corrected chi connectivity index (χ3v) is 2.13. The largest absolute Gasteiger partial charge is 0.296 e. The Kier molecular flexibility index (Phi) is 2.59. The molecule has 1 unspecified atom stereocenters. The molecule has 0 aromatic rings. The topological polar surface area (TPSA) is 17.1 Å². The van der Waals surface area contributed by atoms with Crippen molar-refractivity contribution in [1.82, 2.24) is 0 Å². The van der Waals surface area contributed by atoms with Gasteiger partial charge in [0.1, 0.15) is 0 Å². The molecule has 12 heavy (non-hydrogen) atoms. The second-order valence-electron chi connectivity index (χ2n) is 2.72. The van der Waals surface area contributed by atoms with E-state index in [2.05, 4.69) is 0 Å². The van der Waals surface area contributed by atoms with Crippen LogP contribution in [0.3, 0.4) is 0 Å². The van der Waals surface area contributed by atoms with Gasteiger partial charge >= 0.3 is 0 Å². The van der Waals surface area contributed by atoms with Crippen molar-refractivity contribution in [2.75, 3.05) is 0 Å². The Labute approximate surface area is 79.8 Å². The number of hydrogen-bond acceptors (Lipinski definition) is 1. The van der Waals surface area contributed by atoms with Crippen LogP contribution in [0.25, 0.3) is 0 Å². The number of hydrogen-bond donors (Lipinski definition) is 0. The summed E-state index contributed by atoms with van der Waals surface area (Å²) in [7, 11) is 0. The fourth-order valence-corrected chi connectivity index (χ4v) is 1.66. The molecule has 0 saturated carbocycles. The standard InChI is InChI=1S/C8H7Cl2FO/c1-5(12)8(11)3-6(9)2-7(10)4-8/h2-3H,4H2,1H3. The average Bonchev–Trinajstić information content (AvgIpc) is 1.82. The van der Waals surface area contributed by atoms with E-state index in [4.69, 9.17) is 23.2 Å². The van der Waals surface area contributed by atoms with Gasteiger partial charge in [0.25, 0.3) is 0 Å². The van der Waals surface area contributed by atoms with Crippen molar-refractivity contribution >= 4 is 29.0 Å². The first-order valence-corrected chi connectivity index (χ1v) is 4.14. The van der Waals surface area contributed by atoms with Crippen LogP contribution < -0.4 is 0 Å². The van der Waals surface area contributed by atoms with Crippen molar-refractivity contribution < 1.29 is 9.18 Å². The van der Waals surface area contributed by atoms with E-state index in [1.54, 1.807) is 0 Å². The molecule has 0 aliphatic heterocycles. The Hall–Kier alpha value is -0.340. The molecule has 1 rings (SSSR count). The van der Waals surface area contributed by atoms with E-state index in [9.17, 15) is 9.18 Å². The number of allylic oxidation sites excluding steroid dienone is 4. The van der Waals surface area contributed by atoms with E-state index < -0.39 is 11.5 Å². The van der Waals surface area contributed by atoms with Crippen molar-refractivity contribution in [1.29, 1.82) is 0 Å². The summed E-state index contributed by atoms with van der Waals surface area (Å²) in [5.41, 5.74) is -2.01. The molecule has 0 aromatic heterocycles. The zero-order chi connectivity index (χ0) is 9.35. The maximum atomic E-state index is 13.6. The summed E-state index contributed by atoms with van der Waals surface area (Å²) in [6.45, 7) is 1.18. The summed E-state index contributed by atoms with van der Waals surface area (Å²) >= 11 is 11.1. The highest BCUT2D eigenvalue weighted by Crippen LogP contribution is 2.33. The van der Waals surface area contributed by atoms with Crippen molar-refractivity contribution in [2.24, 2.45) is 0 Å². The summed E-state index contributed by atoms with van der Waals surface area (Å²) in [5.74, 6) is -0.577. The summed E-state index contributed by atoms with van der Waals surface area (Å²) in [4.78, 5) is 10.8. The maximum Gasteiger partial charge on any atom is 0.193 e. The lowest BCUT2D eigenvalue weighted by Crippen LogP contribution is -2.31. The fraction of sp³-hybridized carbons (Fsp3) is 0.375. The van der Waals surface area contributed by atoms with Crippen LogP contribution in [0.5, 0.6) is 0 Å². The van der Waals surface area contributed by atoms with Gasteiger partial charge in [0.15, 0.2) is 11.5 Å². The summed E-state index contributed by atoms with van der Waals surface area (Å²) in [5, 5.41) is 0.434. The highest BCUT2D eigenvalue weighted by atomic mass is 35.5. The van der Waals surface area contributed by atoms with Gasteiger partial charge < -0.3 is 0 Å². The van der Waals surface area contributed by atoms with Crippen LogP contribution in [0.15, 0.2) is 22.2 Å². The Morgan fingerprint density at radius 1 is 1.67 bits per heavy atom. The monoisotopic (exact) mass is 208 g/mol. The van der Waals surface area contributed by atoms with Gasteiger partial charge in [-0.2, -0.15) is 0 Å². The summed E-state index contributed by atoms with van der Waals surface area (Å²) < 4.78 is 13.6. The molecule has 0 heterocycles. The molecular weight excluding hydrogens is 202 g/mol. The normalized spacial score (nSPS) is 29.3. The van der Waals surface area contributed by atoms with E-state index >= 15 is 0 Å². The second-order valence-corrected chi connectivity index (χ2v) is 3.64. The van der Waals surface area contributed by atoms with Crippen molar-refractivity contribution in [2.45, 2.75) is 19.0 Å². The first-order valence-electron chi connectivity index (χ1n) is 3.38. The number of Topliss-reactive ketones (excluding diaryl/α,β-unsaturated/α-hetero) is 1. The first kappa shape index (κ1) is 9.75. The molecule has 4 heteroatoms. The zero-order valence-corrected chi connectivity index (χ0v) is 7.92. The SMILES string of the molecule is CC(=O)C1(F)C=C(Cl)C=C(Cl)C1. The summed E-state index contributed by atoms with van der Waals surface area (Å²) in [6.07, 6.45) is 2.41. The number of ketones is 1. The highest BCUT2D eigenvalue weighted by molar-refractivity contribution is 6.35. The lowest BCUT2D eigenvalue weighted by Gasteiger charge is -2.21. The van der Waals surface area contributed by atoms with Crippen molar-refractivity contribution in [3.05, 3.63) is 22.2 Å². The molecule has 66 valence electrons. The minimum absolute atomic E-state index is 0.111. The van der Waals surface area contributed by atoms with E-state index in [1.807, 2.05) is 0 Å². The molecule has 0 N–H and O–H groups in total. The number of halogens is 3. The molecule has 0 fully saturated rings. The lowest BCUT2D eigenvalue weighted by molar-refractivity contribution is -0.125. The summed E-state index contributed by atoms with van der Waals surface area (Å²) in [6, 6.07) is 0. The molecule has 1 atom stereocenters. The van der Waals surface area contributed by atoms with Gasteiger partial charge in [0.05, 0.1) is 0 Å². The van der Waals surface area contributed by atoms with Crippen LogP contribution in [0.1, 0.15) is 13.3 Å². The fourth-order valence-electron chi connectivity index (χ4n) is 0.984. The van der Waals surface area contributed by atoms with Gasteiger partial charge in [-0.3, -0.25) is 4.79 Å². The number of carbonyl (C=O) groups is 1. The van der Waals surface area contributed by atoms with Crippen LogP contribution in [0.2, 0.25) is 0 Å². The van der Waals surface area contributed by atoms with Gasteiger partial charge in [0.2, 0.25) is 0 Å². The number of rotatable bonds is 1. The van der Waals surface area contributed by atoms with E-state index in [1.165, 1.54) is 13.0 Å². The molecule has 1 aliphatic rings. The van der Waals surface area contributed by atoms with Crippen LogP contribution in [0, 0.1) is 0 Å². The zero-order valence-electron chi connectivity index (χ0n) is 6.40. The Balaban J connectivity index is 3.00. The smallest absolute Gasteiger partial charge is 0.193 e. The predicted octanol–water partition coefficient (Wildman–Crippen LogP) is 2.93. The highest BCUT2D eigenvalue weighted by Gasteiger charge is 2.36. The van der Waals surface area contributed by atoms with E-state index in [0.29, 0.717) is 0 Å². The van der Waals surface area contributed by atoms with Gasteiger partial charge in [-0.25, -0.2) is 4.39 Å². The molecule has 0 spiro atoms. The molecule has 0 radical (unpaired) electrons. The first-order chi connectivity index (χ1) is 5.44. The molecule has 1 aliphatic carbocycles. The van der Waals surface area contributed by atoms with Gasteiger partial charge in [-0.1, -0.05) is 23.2 Å². The molecule has 1 nitrogen and oxygen atoms in total. The Morgan fingerprint density at radius 2 is 2.25 bits per heavy atom. The lowest BCUT2D eigenvalue weighted by atomic mass is 9.93. The average molecular weight is 209 g/mol. The number of alkyl halides is 1. The number of carbonyl (C=O) groups excluding carboxylic acids is 1. The van der Waals surface area contributed by atoms with Gasteiger partial charge in [-0.05, 0) is 19.1 Å². The predicted molar refractivity (Wildman–Crippen MR) is 47.0 cm³/mol. The third-order valence-electron chi connectivity index (χ3n) is 1.67. The minimum atomic E-state index is -2.01. The van der Waals surface area contributed by atoms with Crippen LogP contribution in [-0.2, 0) is 4.79 Å². The molecule has 0 saturated heterocycles. The van der Waals surface area contributed by atoms with Crippen molar-refractivity contribution in [3.63, 3.8) is 0 Å². The second kappa shape index (κ2) is 3.19. The molecule has 0 bridgehead atoms. The van der Waals surface area contributed by atoms with Crippen molar-refractivity contribution in [3.8, 4) is 0 Å². The van der Waals surface area contributed by atoms with Gasteiger partial charge in [0, 0.05) is 16.5 Å². The van der Waals surface area contributed by atoms with Crippen LogP contribution >= 0.6 is 23.2 Å². The third kappa shape index (κ3) is 1.87. The minimum Gasteiger partial charge on any atom is -0.296 e. The molecular formula is C8H7Cl2FO. The molecule has 0 amide bonds. The van der Waals surface area contributed by atoms with Crippen LogP contribution in [-0.4, -0.2) is 11.5 Å². The molecule has 0 aromatic carbocycles. The Bertz CT molecular complexity index is 283.